The van der Waals surface area contributed by atoms with Crippen LogP contribution in [0, 0.1) is 0 Å². The molecule has 0 radical (unpaired) electrons. The van der Waals surface area contributed by atoms with E-state index in [0.717, 1.165) is 38.4 Å². The number of hydrogen-bond acceptors (Lipinski definition) is 9. The van der Waals surface area contributed by atoms with Crippen molar-refractivity contribution in [1.29, 1.82) is 0 Å². The molecule has 0 saturated carbocycles. The number of aromatic nitrogens is 4. The molecule has 10 heteroatoms. The molecule has 4 heterocycles. The van der Waals surface area contributed by atoms with Gasteiger partial charge in [-0.3, -0.25) is 14.7 Å². The number of methoxy groups -OCH3 is 1. The van der Waals surface area contributed by atoms with Crippen LogP contribution < -0.4 is 15.6 Å². The number of hydrogen-bond donors (Lipinski definition) is 1. The van der Waals surface area contributed by atoms with E-state index < -0.39 is 0 Å². The second kappa shape index (κ2) is 11.4. The molecule has 10 nitrogen and oxygen atoms in total. The van der Waals surface area contributed by atoms with E-state index in [9.17, 15) is 4.79 Å². The molecule has 0 aliphatic carbocycles. The number of ether oxygens (including phenoxy) is 3. The largest absolute Gasteiger partial charge is 0.481 e. The molecule has 0 atom stereocenters. The molecule has 1 aliphatic rings. The molecule has 34 heavy (non-hydrogen) atoms. The number of nitrogens with zero attached hydrogens (tertiary/aromatic N) is 5. The SMILES string of the molecule is COc1ccc(-c2cc3c(cn2)nc(NCCN2CCOCC2)c(=O)n3CCOC(C)C)cn1. The van der Waals surface area contributed by atoms with Crippen molar-refractivity contribution >= 4 is 16.9 Å². The van der Waals surface area contributed by atoms with Gasteiger partial charge in [-0.15, -0.1) is 0 Å². The monoisotopic (exact) mass is 468 g/mol. The predicted molar refractivity (Wildman–Crippen MR) is 130 cm³/mol. The van der Waals surface area contributed by atoms with Gasteiger partial charge < -0.3 is 24.1 Å². The fraction of sp³-hybridized carbons (Fsp3) is 0.500. The summed E-state index contributed by atoms with van der Waals surface area (Å²) in [7, 11) is 1.58. The number of nitrogens with one attached hydrogen (secondary N) is 1. The molecule has 0 spiro atoms. The lowest BCUT2D eigenvalue weighted by molar-refractivity contribution is 0.0398. The molecular weight excluding hydrogens is 436 g/mol. The Labute approximate surface area is 198 Å². The van der Waals surface area contributed by atoms with E-state index in [4.69, 9.17) is 14.2 Å². The maximum atomic E-state index is 13.4. The summed E-state index contributed by atoms with van der Waals surface area (Å²) in [6, 6.07) is 5.55. The predicted octanol–water partition coefficient (Wildman–Crippen LogP) is 2.03. The van der Waals surface area contributed by atoms with Crippen LogP contribution >= 0.6 is 0 Å². The first kappa shape index (κ1) is 24.1. The lowest BCUT2D eigenvalue weighted by Crippen LogP contribution is -2.39. The Kier molecular flexibility index (Phi) is 8.04. The zero-order valence-corrected chi connectivity index (χ0v) is 20.0. The van der Waals surface area contributed by atoms with E-state index in [1.54, 1.807) is 30.1 Å². The quantitative estimate of drug-likeness (QED) is 0.479. The summed E-state index contributed by atoms with van der Waals surface area (Å²) in [5.41, 5.74) is 2.70. The molecule has 0 aromatic carbocycles. The molecule has 1 fully saturated rings. The lowest BCUT2D eigenvalue weighted by Gasteiger charge is -2.26. The molecular formula is C24H32N6O4. The van der Waals surface area contributed by atoms with Crippen LogP contribution in [0.15, 0.2) is 35.4 Å². The maximum Gasteiger partial charge on any atom is 0.293 e. The molecule has 4 rings (SSSR count). The topological polar surface area (TPSA) is 104 Å². The number of pyridine rings is 2. The van der Waals surface area contributed by atoms with Crippen molar-refractivity contribution in [1.82, 2.24) is 24.4 Å². The van der Waals surface area contributed by atoms with E-state index in [1.165, 1.54) is 0 Å². The minimum Gasteiger partial charge on any atom is -0.481 e. The summed E-state index contributed by atoms with van der Waals surface area (Å²) in [4.78, 5) is 29.1. The van der Waals surface area contributed by atoms with Crippen LogP contribution in [-0.2, 0) is 16.0 Å². The Hall–Kier alpha value is -3.08. The number of fused-ring (bicyclic) bond motifs is 1. The average Bonchev–Trinajstić information content (AvgIpc) is 2.86. The highest BCUT2D eigenvalue weighted by atomic mass is 16.5. The molecule has 0 bridgehead atoms. The molecule has 1 aliphatic heterocycles. The molecule has 1 saturated heterocycles. The third kappa shape index (κ3) is 5.88. The second-order valence-electron chi connectivity index (χ2n) is 8.37. The van der Waals surface area contributed by atoms with Crippen molar-refractivity contribution in [2.24, 2.45) is 0 Å². The number of rotatable bonds is 10. The van der Waals surface area contributed by atoms with Gasteiger partial charge in [0.25, 0.3) is 5.56 Å². The van der Waals surface area contributed by atoms with Gasteiger partial charge in [0.1, 0.15) is 5.52 Å². The molecule has 1 N–H and O–H groups in total. The fourth-order valence-electron chi connectivity index (χ4n) is 3.83. The molecule has 0 unspecified atom stereocenters. The molecule has 3 aromatic rings. The Morgan fingerprint density at radius 3 is 2.68 bits per heavy atom. The first-order chi connectivity index (χ1) is 16.5. The van der Waals surface area contributed by atoms with Crippen molar-refractivity contribution in [3.05, 3.63) is 40.9 Å². The van der Waals surface area contributed by atoms with Crippen molar-refractivity contribution in [2.45, 2.75) is 26.5 Å². The zero-order chi connectivity index (χ0) is 23.9. The summed E-state index contributed by atoms with van der Waals surface area (Å²) in [6.07, 6.45) is 3.48. The third-order valence-electron chi connectivity index (χ3n) is 5.66. The van der Waals surface area contributed by atoms with Crippen molar-refractivity contribution < 1.29 is 14.2 Å². The first-order valence-corrected chi connectivity index (χ1v) is 11.6. The van der Waals surface area contributed by atoms with E-state index in [-0.39, 0.29) is 11.7 Å². The summed E-state index contributed by atoms with van der Waals surface area (Å²) < 4.78 is 18.0. The summed E-state index contributed by atoms with van der Waals surface area (Å²) in [5.74, 6) is 0.854. The van der Waals surface area contributed by atoms with Crippen LogP contribution in [0.2, 0.25) is 0 Å². The highest BCUT2D eigenvalue weighted by molar-refractivity contribution is 5.80. The number of morpholine rings is 1. The normalized spacial score (nSPS) is 14.6. The van der Waals surface area contributed by atoms with E-state index in [0.29, 0.717) is 48.1 Å². The number of anilines is 1. The lowest BCUT2D eigenvalue weighted by atomic mass is 10.2. The Bertz CT molecular complexity index is 1140. The van der Waals surface area contributed by atoms with Gasteiger partial charge in [-0.1, -0.05) is 0 Å². The Balaban J connectivity index is 1.62. The Morgan fingerprint density at radius 2 is 1.97 bits per heavy atom. The van der Waals surface area contributed by atoms with Gasteiger partial charge in [-0.25, -0.2) is 9.97 Å². The van der Waals surface area contributed by atoms with E-state index >= 15 is 0 Å². The van der Waals surface area contributed by atoms with E-state index in [2.05, 4.69) is 25.2 Å². The first-order valence-electron chi connectivity index (χ1n) is 11.6. The third-order valence-corrected chi connectivity index (χ3v) is 5.66. The van der Waals surface area contributed by atoms with Crippen molar-refractivity contribution in [2.75, 3.05) is 58.4 Å². The van der Waals surface area contributed by atoms with Crippen LogP contribution in [0.4, 0.5) is 5.82 Å². The van der Waals surface area contributed by atoms with Gasteiger partial charge in [-0.2, -0.15) is 0 Å². The average molecular weight is 469 g/mol. The molecule has 182 valence electrons. The van der Waals surface area contributed by atoms with Gasteiger partial charge in [-0.05, 0) is 26.0 Å². The summed E-state index contributed by atoms with van der Waals surface area (Å²) in [6.45, 7) is 9.52. The van der Waals surface area contributed by atoms with Crippen molar-refractivity contribution in [3.63, 3.8) is 0 Å². The maximum absolute atomic E-state index is 13.4. The van der Waals surface area contributed by atoms with Crippen LogP contribution in [0.25, 0.3) is 22.3 Å². The minimum absolute atomic E-state index is 0.0810. The fourth-order valence-corrected chi connectivity index (χ4v) is 3.83. The standard InChI is InChI=1S/C24H32N6O4/c1-17(2)34-13-10-30-21-14-19(18-4-5-22(32-3)27-15-18)26-16-20(21)28-23(24(30)31)25-6-7-29-8-11-33-12-9-29/h4-5,14-17H,6-13H2,1-3H3,(H,25,28). The molecule has 3 aromatic heterocycles. The van der Waals surface area contributed by atoms with Gasteiger partial charge in [0.05, 0.1) is 50.4 Å². The van der Waals surface area contributed by atoms with Gasteiger partial charge in [0, 0.05) is 50.6 Å². The highest BCUT2D eigenvalue weighted by Crippen LogP contribution is 2.22. The van der Waals surface area contributed by atoms with Gasteiger partial charge in [0.2, 0.25) is 5.88 Å². The summed E-state index contributed by atoms with van der Waals surface area (Å²) in [5, 5.41) is 3.23. The van der Waals surface area contributed by atoms with Crippen LogP contribution in [0.5, 0.6) is 5.88 Å². The summed E-state index contributed by atoms with van der Waals surface area (Å²) >= 11 is 0. The zero-order valence-electron chi connectivity index (χ0n) is 20.0. The smallest absolute Gasteiger partial charge is 0.293 e. The molecule has 0 amide bonds. The van der Waals surface area contributed by atoms with Crippen LogP contribution in [0.1, 0.15) is 13.8 Å². The van der Waals surface area contributed by atoms with E-state index in [1.807, 2.05) is 26.0 Å². The second-order valence-corrected chi connectivity index (χ2v) is 8.37. The highest BCUT2D eigenvalue weighted by Gasteiger charge is 2.15. The van der Waals surface area contributed by atoms with Gasteiger partial charge >= 0.3 is 0 Å². The minimum atomic E-state index is -0.174. The Morgan fingerprint density at radius 1 is 1.15 bits per heavy atom. The van der Waals surface area contributed by atoms with Gasteiger partial charge in [0.15, 0.2) is 5.82 Å². The van der Waals surface area contributed by atoms with Crippen LogP contribution in [-0.4, -0.2) is 83.6 Å². The van der Waals surface area contributed by atoms with Crippen molar-refractivity contribution in [3.8, 4) is 17.1 Å². The van der Waals surface area contributed by atoms with Crippen LogP contribution in [0.3, 0.4) is 0 Å².